The van der Waals surface area contributed by atoms with Crippen molar-refractivity contribution in [3.05, 3.63) is 98.6 Å². The summed E-state index contributed by atoms with van der Waals surface area (Å²) in [6.07, 6.45) is 1.57. The molecular formula is C24H16Cl2FN3O2S2. The maximum absolute atomic E-state index is 13.1. The minimum Gasteiger partial charge on any atom is -0.353 e. The summed E-state index contributed by atoms with van der Waals surface area (Å²) in [7, 11) is 0. The second-order valence-electron chi connectivity index (χ2n) is 7.16. The van der Waals surface area contributed by atoms with Crippen molar-refractivity contribution in [3.63, 3.8) is 0 Å². The number of para-hydroxylation sites is 2. The monoisotopic (exact) mass is 531 g/mol. The van der Waals surface area contributed by atoms with Gasteiger partial charge in [0, 0.05) is 5.69 Å². The summed E-state index contributed by atoms with van der Waals surface area (Å²) in [5.41, 5.74) is 5.06. The molecule has 10 heteroatoms. The van der Waals surface area contributed by atoms with Gasteiger partial charge in [0.2, 0.25) is 5.91 Å². The highest BCUT2D eigenvalue weighted by Gasteiger charge is 2.33. The molecule has 3 aromatic rings. The van der Waals surface area contributed by atoms with Gasteiger partial charge < -0.3 is 5.32 Å². The zero-order valence-electron chi connectivity index (χ0n) is 17.3. The number of carbonyl (C=O) groups excluding carboxylic acids is 2. The molecule has 34 heavy (non-hydrogen) atoms. The van der Waals surface area contributed by atoms with Gasteiger partial charge in [0.05, 0.1) is 27.1 Å². The molecule has 4 rings (SSSR count). The molecule has 0 spiro atoms. The van der Waals surface area contributed by atoms with Crippen LogP contribution in [0.5, 0.6) is 0 Å². The first kappa shape index (κ1) is 24.2. The molecule has 2 amide bonds. The quantitative estimate of drug-likeness (QED) is 0.286. The third kappa shape index (κ3) is 5.59. The topological polar surface area (TPSA) is 61.4 Å². The van der Waals surface area contributed by atoms with Crippen LogP contribution in [0.15, 0.2) is 71.6 Å². The van der Waals surface area contributed by atoms with Gasteiger partial charge in [0.25, 0.3) is 5.91 Å². The Labute approximate surface area is 214 Å². The SMILES string of the molecule is O=C(Cc1ccccc1Nc1c(Cl)cccc1Cl)NN1C(=O)/C(=C/c2ccc(F)cc2)SC1=S. The smallest absolute Gasteiger partial charge is 0.285 e. The van der Waals surface area contributed by atoms with Gasteiger partial charge in [-0.05, 0) is 59.8 Å². The number of anilines is 2. The van der Waals surface area contributed by atoms with E-state index >= 15 is 0 Å². The van der Waals surface area contributed by atoms with Gasteiger partial charge >= 0.3 is 0 Å². The normalized spacial score (nSPS) is 14.6. The molecule has 0 atom stereocenters. The van der Waals surface area contributed by atoms with Crippen molar-refractivity contribution >= 4 is 80.8 Å². The largest absolute Gasteiger partial charge is 0.353 e. The molecule has 1 fully saturated rings. The van der Waals surface area contributed by atoms with Crippen LogP contribution in [0.3, 0.4) is 0 Å². The average molecular weight is 532 g/mol. The van der Waals surface area contributed by atoms with Crippen LogP contribution >= 0.6 is 47.2 Å². The van der Waals surface area contributed by atoms with Gasteiger partial charge in [0.15, 0.2) is 4.32 Å². The summed E-state index contributed by atoms with van der Waals surface area (Å²) in [5.74, 6) is -1.26. The van der Waals surface area contributed by atoms with Gasteiger partial charge in [-0.15, -0.1) is 0 Å². The third-order valence-electron chi connectivity index (χ3n) is 4.79. The van der Waals surface area contributed by atoms with Crippen molar-refractivity contribution in [2.45, 2.75) is 6.42 Å². The van der Waals surface area contributed by atoms with Crippen molar-refractivity contribution in [2.75, 3.05) is 5.32 Å². The summed E-state index contributed by atoms with van der Waals surface area (Å²) >= 11 is 18.8. The zero-order chi connectivity index (χ0) is 24.2. The molecule has 0 aliphatic carbocycles. The van der Waals surface area contributed by atoms with Crippen molar-refractivity contribution in [1.29, 1.82) is 0 Å². The van der Waals surface area contributed by atoms with Crippen LogP contribution in [0.4, 0.5) is 15.8 Å². The maximum Gasteiger partial charge on any atom is 0.285 e. The van der Waals surface area contributed by atoms with E-state index in [-0.39, 0.29) is 16.6 Å². The molecule has 0 saturated carbocycles. The Bertz CT molecular complexity index is 1300. The minimum absolute atomic E-state index is 0.0285. The van der Waals surface area contributed by atoms with Crippen molar-refractivity contribution in [2.24, 2.45) is 0 Å². The van der Waals surface area contributed by atoms with Gasteiger partial charge in [-0.25, -0.2) is 4.39 Å². The molecule has 1 saturated heterocycles. The lowest BCUT2D eigenvalue weighted by molar-refractivity contribution is -0.132. The minimum atomic E-state index is -0.457. The fraction of sp³-hybridized carbons (Fsp3) is 0.0417. The van der Waals surface area contributed by atoms with E-state index in [9.17, 15) is 14.0 Å². The van der Waals surface area contributed by atoms with Gasteiger partial charge in [-0.1, -0.05) is 71.4 Å². The molecule has 1 heterocycles. The first-order valence-corrected chi connectivity index (χ1v) is 11.9. The number of carbonyl (C=O) groups is 2. The number of amides is 2. The second kappa shape index (κ2) is 10.6. The molecular weight excluding hydrogens is 516 g/mol. The van der Waals surface area contributed by atoms with E-state index in [0.29, 0.717) is 37.5 Å². The number of halogens is 3. The van der Waals surface area contributed by atoms with E-state index in [1.807, 2.05) is 6.07 Å². The molecule has 172 valence electrons. The predicted molar refractivity (Wildman–Crippen MR) is 139 cm³/mol. The van der Waals surface area contributed by atoms with E-state index in [4.69, 9.17) is 35.4 Å². The van der Waals surface area contributed by atoms with Crippen LogP contribution in [0, 0.1) is 5.82 Å². The number of hydrogen-bond donors (Lipinski definition) is 2. The van der Waals surface area contributed by atoms with E-state index < -0.39 is 11.8 Å². The summed E-state index contributed by atoms with van der Waals surface area (Å²) in [6.45, 7) is 0. The summed E-state index contributed by atoms with van der Waals surface area (Å²) < 4.78 is 13.3. The van der Waals surface area contributed by atoms with Crippen LogP contribution in [-0.2, 0) is 16.0 Å². The number of hydrogen-bond acceptors (Lipinski definition) is 5. The van der Waals surface area contributed by atoms with E-state index in [1.54, 1.807) is 54.6 Å². The maximum atomic E-state index is 13.1. The summed E-state index contributed by atoms with van der Waals surface area (Å²) in [4.78, 5) is 25.9. The number of rotatable bonds is 6. The molecule has 1 aliphatic rings. The Balaban J connectivity index is 1.46. The summed E-state index contributed by atoms with van der Waals surface area (Å²) in [6, 6.07) is 18.1. The van der Waals surface area contributed by atoms with E-state index in [0.717, 1.165) is 16.8 Å². The fourth-order valence-corrected chi connectivity index (χ4v) is 4.83. The molecule has 3 aromatic carbocycles. The van der Waals surface area contributed by atoms with Gasteiger partial charge in [-0.2, -0.15) is 5.01 Å². The second-order valence-corrected chi connectivity index (χ2v) is 9.65. The first-order valence-electron chi connectivity index (χ1n) is 9.94. The van der Waals surface area contributed by atoms with Crippen LogP contribution in [0.1, 0.15) is 11.1 Å². The third-order valence-corrected chi connectivity index (χ3v) is 6.72. The Morgan fingerprint density at radius 1 is 1.03 bits per heavy atom. The van der Waals surface area contributed by atoms with Crippen LogP contribution in [0.25, 0.3) is 6.08 Å². The van der Waals surface area contributed by atoms with Crippen LogP contribution < -0.4 is 10.7 Å². The number of hydrazine groups is 1. The lowest BCUT2D eigenvalue weighted by atomic mass is 10.1. The van der Waals surface area contributed by atoms with Crippen molar-refractivity contribution in [1.82, 2.24) is 10.4 Å². The molecule has 5 nitrogen and oxygen atoms in total. The van der Waals surface area contributed by atoms with Gasteiger partial charge in [0.1, 0.15) is 5.82 Å². The Kier molecular flexibility index (Phi) is 7.53. The van der Waals surface area contributed by atoms with E-state index in [2.05, 4.69) is 10.7 Å². The fourth-order valence-electron chi connectivity index (χ4n) is 3.16. The van der Waals surface area contributed by atoms with Crippen LogP contribution in [0.2, 0.25) is 10.0 Å². The highest BCUT2D eigenvalue weighted by molar-refractivity contribution is 8.26. The molecule has 0 bridgehead atoms. The van der Waals surface area contributed by atoms with Crippen molar-refractivity contribution in [3.8, 4) is 0 Å². The highest BCUT2D eigenvalue weighted by Crippen LogP contribution is 2.34. The number of nitrogens with zero attached hydrogens (tertiary/aromatic N) is 1. The molecule has 0 radical (unpaired) electrons. The van der Waals surface area contributed by atoms with E-state index in [1.165, 1.54) is 12.1 Å². The Hall–Kier alpha value is -2.91. The number of thiocarbonyl (C=S) groups is 1. The number of benzene rings is 3. The zero-order valence-corrected chi connectivity index (χ0v) is 20.5. The lowest BCUT2D eigenvalue weighted by Gasteiger charge is -2.17. The molecule has 0 aromatic heterocycles. The number of thioether (sulfide) groups is 1. The van der Waals surface area contributed by atoms with Gasteiger partial charge in [-0.3, -0.25) is 15.0 Å². The predicted octanol–water partition coefficient (Wildman–Crippen LogP) is 6.35. The molecule has 1 aliphatic heterocycles. The average Bonchev–Trinajstić information content (AvgIpc) is 3.06. The Morgan fingerprint density at radius 3 is 2.41 bits per heavy atom. The number of nitrogens with one attached hydrogen (secondary N) is 2. The van der Waals surface area contributed by atoms with Crippen molar-refractivity contribution < 1.29 is 14.0 Å². The van der Waals surface area contributed by atoms with Crippen LogP contribution in [-0.4, -0.2) is 21.1 Å². The molecule has 2 N–H and O–H groups in total. The highest BCUT2D eigenvalue weighted by atomic mass is 35.5. The Morgan fingerprint density at radius 2 is 1.71 bits per heavy atom. The lowest BCUT2D eigenvalue weighted by Crippen LogP contribution is -2.45. The molecule has 0 unspecified atom stereocenters. The first-order chi connectivity index (χ1) is 16.3. The summed E-state index contributed by atoms with van der Waals surface area (Å²) in [5, 5.41) is 5.10. The standard InChI is InChI=1S/C24H16Cl2FN3O2S2/c25-17-5-3-6-18(26)22(17)28-19-7-2-1-4-15(19)13-21(31)29-30-23(32)20(34-24(30)33)12-14-8-10-16(27)11-9-14/h1-12,28H,13H2,(H,29,31)/b20-12-.